The highest BCUT2D eigenvalue weighted by Crippen LogP contribution is 2.39. The van der Waals surface area contributed by atoms with Crippen LogP contribution in [0.3, 0.4) is 0 Å². The number of anilines is 2. The lowest BCUT2D eigenvalue weighted by atomic mass is 10.3. The van der Waals surface area contributed by atoms with Crippen LogP contribution in [0.25, 0.3) is 0 Å². The van der Waals surface area contributed by atoms with Crippen molar-refractivity contribution in [3.63, 3.8) is 0 Å². The summed E-state index contributed by atoms with van der Waals surface area (Å²) in [5, 5.41) is 3.36. The van der Waals surface area contributed by atoms with E-state index in [2.05, 4.69) is 20.7 Å². The van der Waals surface area contributed by atoms with E-state index in [1.54, 1.807) is 0 Å². The van der Waals surface area contributed by atoms with Crippen LogP contribution >= 0.6 is 0 Å². The minimum Gasteiger partial charge on any atom is -0.376 e. The van der Waals surface area contributed by atoms with Crippen LogP contribution < -0.4 is 16.6 Å². The quantitative estimate of drug-likeness (QED) is 0.406. The molecule has 0 saturated heterocycles. The van der Waals surface area contributed by atoms with E-state index >= 15 is 0 Å². The van der Waals surface area contributed by atoms with Crippen LogP contribution in [0.4, 0.5) is 11.6 Å². The zero-order chi connectivity index (χ0) is 14.7. The van der Waals surface area contributed by atoms with Gasteiger partial charge in [0.25, 0.3) is 0 Å². The zero-order valence-electron chi connectivity index (χ0n) is 12.7. The van der Waals surface area contributed by atoms with Crippen molar-refractivity contribution in [1.29, 1.82) is 0 Å². The number of rotatable bonds is 7. The number of hydrogen-bond acceptors (Lipinski definition) is 6. The molecule has 0 radical (unpaired) electrons. The van der Waals surface area contributed by atoms with E-state index < -0.39 is 0 Å². The van der Waals surface area contributed by atoms with E-state index in [9.17, 15) is 0 Å². The first-order chi connectivity index (χ1) is 10.3. The number of nitrogens with one attached hydrogen (secondary N) is 2. The normalized spacial score (nSPS) is 19.0. The molecule has 0 unspecified atom stereocenters. The third kappa shape index (κ3) is 3.63. The van der Waals surface area contributed by atoms with Crippen LogP contribution in [0.1, 0.15) is 55.8 Å². The van der Waals surface area contributed by atoms with Gasteiger partial charge in [-0.3, -0.25) is 0 Å². The molecule has 1 aromatic rings. The van der Waals surface area contributed by atoms with Crippen molar-refractivity contribution in [2.45, 2.75) is 57.5 Å². The van der Waals surface area contributed by atoms with Crippen LogP contribution in [0.2, 0.25) is 0 Å². The third-order valence-electron chi connectivity index (χ3n) is 4.29. The maximum Gasteiger partial charge on any atom is 0.148 e. The fourth-order valence-electron chi connectivity index (χ4n) is 2.82. The van der Waals surface area contributed by atoms with Gasteiger partial charge in [0, 0.05) is 18.0 Å². The summed E-state index contributed by atoms with van der Waals surface area (Å²) in [6.45, 7) is 3.47. The number of nitrogen functional groups attached to an aromatic ring is 1. The maximum absolute atomic E-state index is 5.86. The molecule has 0 bridgehead atoms. The van der Waals surface area contributed by atoms with Gasteiger partial charge in [-0.05, 0) is 32.6 Å². The van der Waals surface area contributed by atoms with Gasteiger partial charge < -0.3 is 15.5 Å². The fraction of sp³-hybridized carbons (Fsp3) is 0.733. The lowest BCUT2D eigenvalue weighted by Gasteiger charge is -2.15. The van der Waals surface area contributed by atoms with Crippen molar-refractivity contribution in [2.75, 3.05) is 23.9 Å². The molecule has 4 N–H and O–H groups in total. The topological polar surface area (TPSA) is 85.1 Å². The van der Waals surface area contributed by atoms with Gasteiger partial charge in [0.05, 0.1) is 12.7 Å². The van der Waals surface area contributed by atoms with Gasteiger partial charge in [-0.25, -0.2) is 15.8 Å². The molecule has 0 aliphatic heterocycles. The molecular weight excluding hydrogens is 266 g/mol. The van der Waals surface area contributed by atoms with Crippen molar-refractivity contribution in [2.24, 2.45) is 5.84 Å². The second kappa shape index (κ2) is 6.58. The average molecular weight is 291 g/mol. The molecule has 116 valence electrons. The van der Waals surface area contributed by atoms with E-state index in [0.29, 0.717) is 17.8 Å². The number of aromatic nitrogens is 2. The Morgan fingerprint density at radius 1 is 1.14 bits per heavy atom. The summed E-state index contributed by atoms with van der Waals surface area (Å²) < 4.78 is 5.86. The number of hydrogen-bond donors (Lipinski definition) is 3. The highest BCUT2D eigenvalue weighted by atomic mass is 16.5. The van der Waals surface area contributed by atoms with Gasteiger partial charge in [-0.2, -0.15) is 0 Å². The van der Waals surface area contributed by atoms with Gasteiger partial charge >= 0.3 is 0 Å². The molecule has 0 aromatic carbocycles. The molecule has 6 nitrogen and oxygen atoms in total. The first-order valence-corrected chi connectivity index (χ1v) is 7.98. The summed E-state index contributed by atoms with van der Waals surface area (Å²) in [6, 6.07) is 0. The van der Waals surface area contributed by atoms with Crippen LogP contribution in [-0.4, -0.2) is 29.2 Å². The molecule has 3 rings (SSSR count). The molecule has 0 spiro atoms. The highest BCUT2D eigenvalue weighted by molar-refractivity contribution is 5.57. The van der Waals surface area contributed by atoms with Crippen molar-refractivity contribution in [3.05, 3.63) is 11.4 Å². The molecule has 1 aromatic heterocycles. The lowest BCUT2D eigenvalue weighted by Crippen LogP contribution is -2.18. The van der Waals surface area contributed by atoms with Gasteiger partial charge in [0.15, 0.2) is 0 Å². The Balaban J connectivity index is 1.56. The molecule has 2 fully saturated rings. The zero-order valence-corrected chi connectivity index (χ0v) is 12.7. The fourth-order valence-corrected chi connectivity index (χ4v) is 2.82. The second-order valence-corrected chi connectivity index (χ2v) is 6.03. The molecule has 1 heterocycles. The second-order valence-electron chi connectivity index (χ2n) is 6.03. The Morgan fingerprint density at radius 2 is 1.86 bits per heavy atom. The van der Waals surface area contributed by atoms with Crippen LogP contribution in [0.5, 0.6) is 0 Å². The first kappa shape index (κ1) is 14.5. The molecule has 2 aliphatic carbocycles. The Labute approximate surface area is 125 Å². The van der Waals surface area contributed by atoms with E-state index in [1.807, 2.05) is 6.92 Å². The maximum atomic E-state index is 5.86. The molecule has 2 aliphatic rings. The number of nitrogens with zero attached hydrogens (tertiary/aromatic N) is 2. The summed E-state index contributed by atoms with van der Waals surface area (Å²) in [7, 11) is 0. The summed E-state index contributed by atoms with van der Waals surface area (Å²) >= 11 is 0. The Morgan fingerprint density at radius 3 is 2.52 bits per heavy atom. The summed E-state index contributed by atoms with van der Waals surface area (Å²) in [5.74, 6) is 8.54. The molecule has 2 saturated carbocycles. The number of ether oxygens (including phenoxy) is 1. The minimum absolute atomic E-state index is 0.460. The molecule has 0 atom stereocenters. The third-order valence-corrected chi connectivity index (χ3v) is 4.29. The van der Waals surface area contributed by atoms with E-state index in [0.717, 1.165) is 30.4 Å². The van der Waals surface area contributed by atoms with Crippen molar-refractivity contribution >= 4 is 11.6 Å². The monoisotopic (exact) mass is 291 g/mol. The van der Waals surface area contributed by atoms with Gasteiger partial charge in [-0.15, -0.1) is 0 Å². The predicted molar refractivity (Wildman–Crippen MR) is 83.3 cm³/mol. The van der Waals surface area contributed by atoms with Gasteiger partial charge in [0.2, 0.25) is 0 Å². The predicted octanol–water partition coefficient (Wildman–Crippen LogP) is 2.32. The number of nitrogens with two attached hydrogens (primary N) is 1. The minimum atomic E-state index is 0.460. The van der Waals surface area contributed by atoms with Gasteiger partial charge in [0.1, 0.15) is 17.5 Å². The smallest absolute Gasteiger partial charge is 0.148 e. The molecule has 0 amide bonds. The number of hydrazine groups is 1. The van der Waals surface area contributed by atoms with Gasteiger partial charge in [-0.1, -0.05) is 12.8 Å². The summed E-state index contributed by atoms with van der Waals surface area (Å²) in [4.78, 5) is 9.13. The van der Waals surface area contributed by atoms with Crippen LogP contribution in [-0.2, 0) is 4.74 Å². The molecule has 6 heteroatoms. The Bertz CT molecular complexity index is 483. The van der Waals surface area contributed by atoms with Crippen molar-refractivity contribution in [1.82, 2.24) is 9.97 Å². The van der Waals surface area contributed by atoms with Crippen molar-refractivity contribution < 1.29 is 4.74 Å². The van der Waals surface area contributed by atoms with Crippen LogP contribution in [0, 0.1) is 6.92 Å². The lowest BCUT2D eigenvalue weighted by molar-refractivity contribution is 0.0658. The summed E-state index contributed by atoms with van der Waals surface area (Å²) in [6.07, 6.45) is 7.84. The van der Waals surface area contributed by atoms with E-state index in [-0.39, 0.29) is 0 Å². The largest absolute Gasteiger partial charge is 0.376 e. The van der Waals surface area contributed by atoms with E-state index in [4.69, 9.17) is 10.6 Å². The average Bonchev–Trinajstić information content (AvgIpc) is 3.22. The SMILES string of the molecule is Cc1c(NN)nc(C2CC2)nc1NCCOC1CCCC1. The Hall–Kier alpha value is -1.40. The standard InChI is InChI=1S/C15H25N5O/c1-10-13(17-8-9-21-12-4-2-3-5-12)18-15(11-6-7-11)19-14(10)20-16/h11-12H,2-9,16H2,1H3,(H2,17,18,19,20). The first-order valence-electron chi connectivity index (χ1n) is 7.98. The molecule has 21 heavy (non-hydrogen) atoms. The highest BCUT2D eigenvalue weighted by Gasteiger charge is 2.28. The Kier molecular flexibility index (Phi) is 4.55. The van der Waals surface area contributed by atoms with E-state index in [1.165, 1.54) is 38.5 Å². The molecular formula is C15H25N5O. The summed E-state index contributed by atoms with van der Waals surface area (Å²) in [5.41, 5.74) is 3.63. The van der Waals surface area contributed by atoms with Crippen molar-refractivity contribution in [3.8, 4) is 0 Å². The van der Waals surface area contributed by atoms with Crippen LogP contribution in [0.15, 0.2) is 0 Å².